The molecule has 0 bridgehead atoms. The van der Waals surface area contributed by atoms with E-state index in [1.54, 1.807) is 0 Å². The standard InChI is InChI=1S/C17H21N3/c1-12-10-16(20-17(19-12)6-3-9-18)15-8-7-13-4-2-5-14(13)11-15/h7-8,10-11H,2-6,9,18H2,1H3. The minimum Gasteiger partial charge on any atom is -0.330 e. The van der Waals surface area contributed by atoms with Gasteiger partial charge in [0.05, 0.1) is 5.69 Å². The Kier molecular flexibility index (Phi) is 3.79. The Hall–Kier alpha value is -1.74. The molecule has 3 nitrogen and oxygen atoms in total. The number of benzene rings is 1. The van der Waals surface area contributed by atoms with Gasteiger partial charge in [-0.1, -0.05) is 12.1 Å². The summed E-state index contributed by atoms with van der Waals surface area (Å²) >= 11 is 0. The van der Waals surface area contributed by atoms with Crippen molar-refractivity contribution in [1.82, 2.24) is 9.97 Å². The molecule has 3 heteroatoms. The maximum Gasteiger partial charge on any atom is 0.129 e. The number of rotatable bonds is 4. The first-order valence-corrected chi connectivity index (χ1v) is 7.43. The predicted octanol–water partition coefficient (Wildman–Crippen LogP) is 2.83. The fraction of sp³-hybridized carbons (Fsp3) is 0.412. The van der Waals surface area contributed by atoms with Gasteiger partial charge in [-0.05, 0) is 62.4 Å². The van der Waals surface area contributed by atoms with Crippen molar-refractivity contribution in [2.45, 2.75) is 39.0 Å². The number of hydrogen-bond acceptors (Lipinski definition) is 3. The molecule has 0 amide bonds. The third-order valence-electron chi connectivity index (χ3n) is 3.90. The van der Waals surface area contributed by atoms with Crippen LogP contribution in [0, 0.1) is 6.92 Å². The lowest BCUT2D eigenvalue weighted by Gasteiger charge is -2.08. The van der Waals surface area contributed by atoms with Crippen LogP contribution in [-0.2, 0) is 19.3 Å². The molecule has 0 unspecified atom stereocenters. The van der Waals surface area contributed by atoms with Gasteiger partial charge in [-0.15, -0.1) is 0 Å². The van der Waals surface area contributed by atoms with Crippen LogP contribution in [0.1, 0.15) is 35.5 Å². The second kappa shape index (κ2) is 5.71. The molecule has 1 aliphatic carbocycles. The number of aromatic nitrogens is 2. The number of hydrogen-bond donors (Lipinski definition) is 1. The maximum atomic E-state index is 5.57. The van der Waals surface area contributed by atoms with Gasteiger partial charge in [-0.3, -0.25) is 0 Å². The van der Waals surface area contributed by atoms with Crippen molar-refractivity contribution in [2.75, 3.05) is 6.54 Å². The SMILES string of the molecule is Cc1cc(-c2ccc3c(c2)CCC3)nc(CCCN)n1. The van der Waals surface area contributed by atoms with Crippen LogP contribution < -0.4 is 5.73 Å². The molecule has 0 spiro atoms. The summed E-state index contributed by atoms with van der Waals surface area (Å²) in [6.45, 7) is 2.72. The molecule has 0 saturated carbocycles. The molecule has 1 aliphatic rings. The molecule has 0 saturated heterocycles. The summed E-state index contributed by atoms with van der Waals surface area (Å²) in [7, 11) is 0. The Morgan fingerprint density at radius 3 is 2.80 bits per heavy atom. The molecule has 1 aromatic heterocycles. The lowest BCUT2D eigenvalue weighted by atomic mass is 10.0. The fourth-order valence-corrected chi connectivity index (χ4v) is 2.88. The van der Waals surface area contributed by atoms with Gasteiger partial charge in [0.1, 0.15) is 5.82 Å². The van der Waals surface area contributed by atoms with Crippen molar-refractivity contribution in [1.29, 1.82) is 0 Å². The van der Waals surface area contributed by atoms with Crippen LogP contribution >= 0.6 is 0 Å². The summed E-state index contributed by atoms with van der Waals surface area (Å²) in [5, 5.41) is 0. The van der Waals surface area contributed by atoms with E-state index in [1.165, 1.54) is 36.0 Å². The number of nitrogens with zero attached hydrogens (tertiary/aromatic N) is 2. The third kappa shape index (κ3) is 2.73. The molecule has 0 fully saturated rings. The quantitative estimate of drug-likeness (QED) is 0.926. The number of aryl methyl sites for hydroxylation is 4. The lowest BCUT2D eigenvalue weighted by molar-refractivity contribution is 0.777. The fourth-order valence-electron chi connectivity index (χ4n) is 2.88. The van der Waals surface area contributed by atoms with Crippen molar-refractivity contribution in [3.05, 3.63) is 46.9 Å². The van der Waals surface area contributed by atoms with Crippen LogP contribution in [0.5, 0.6) is 0 Å². The summed E-state index contributed by atoms with van der Waals surface area (Å²) in [6, 6.07) is 8.83. The zero-order valence-corrected chi connectivity index (χ0v) is 12.0. The van der Waals surface area contributed by atoms with Gasteiger partial charge in [0.25, 0.3) is 0 Å². The molecule has 1 heterocycles. The Labute approximate surface area is 120 Å². The monoisotopic (exact) mass is 267 g/mol. The number of fused-ring (bicyclic) bond motifs is 1. The smallest absolute Gasteiger partial charge is 0.129 e. The normalized spacial score (nSPS) is 13.5. The van der Waals surface area contributed by atoms with Gasteiger partial charge in [0.2, 0.25) is 0 Å². The Bertz CT molecular complexity index is 620. The minimum atomic E-state index is 0.686. The van der Waals surface area contributed by atoms with Gasteiger partial charge in [0, 0.05) is 17.7 Å². The van der Waals surface area contributed by atoms with Gasteiger partial charge < -0.3 is 5.73 Å². The third-order valence-corrected chi connectivity index (χ3v) is 3.90. The first-order valence-electron chi connectivity index (χ1n) is 7.43. The molecule has 2 aromatic rings. The van der Waals surface area contributed by atoms with E-state index in [9.17, 15) is 0 Å². The van der Waals surface area contributed by atoms with Gasteiger partial charge in [-0.2, -0.15) is 0 Å². The van der Waals surface area contributed by atoms with Crippen LogP contribution in [0.4, 0.5) is 0 Å². The van der Waals surface area contributed by atoms with Crippen molar-refractivity contribution in [3.63, 3.8) is 0 Å². The highest BCUT2D eigenvalue weighted by Gasteiger charge is 2.12. The van der Waals surface area contributed by atoms with Crippen LogP contribution in [-0.4, -0.2) is 16.5 Å². The highest BCUT2D eigenvalue weighted by Crippen LogP contribution is 2.27. The van der Waals surface area contributed by atoms with Crippen molar-refractivity contribution < 1.29 is 0 Å². The van der Waals surface area contributed by atoms with Crippen LogP contribution in [0.25, 0.3) is 11.3 Å². The number of nitrogens with two attached hydrogens (primary N) is 1. The van der Waals surface area contributed by atoms with Crippen molar-refractivity contribution >= 4 is 0 Å². The topological polar surface area (TPSA) is 51.8 Å². The first-order chi connectivity index (χ1) is 9.76. The summed E-state index contributed by atoms with van der Waals surface area (Å²) < 4.78 is 0. The molecule has 20 heavy (non-hydrogen) atoms. The molecule has 1 aromatic carbocycles. The lowest BCUT2D eigenvalue weighted by Crippen LogP contribution is -2.04. The average Bonchev–Trinajstić information content (AvgIpc) is 2.92. The van der Waals surface area contributed by atoms with E-state index in [4.69, 9.17) is 10.7 Å². The molecule has 2 N–H and O–H groups in total. The van der Waals surface area contributed by atoms with Crippen LogP contribution in [0.15, 0.2) is 24.3 Å². The zero-order valence-electron chi connectivity index (χ0n) is 12.0. The predicted molar refractivity (Wildman–Crippen MR) is 81.6 cm³/mol. The summed E-state index contributed by atoms with van der Waals surface area (Å²) in [6.07, 6.45) is 5.50. The van der Waals surface area contributed by atoms with Crippen LogP contribution in [0.2, 0.25) is 0 Å². The molecule has 0 aliphatic heterocycles. The maximum absolute atomic E-state index is 5.57. The second-order valence-corrected chi connectivity index (χ2v) is 5.54. The van der Waals surface area contributed by atoms with Gasteiger partial charge in [0.15, 0.2) is 0 Å². The Morgan fingerprint density at radius 1 is 1.10 bits per heavy atom. The van der Waals surface area contributed by atoms with E-state index in [0.717, 1.165) is 30.1 Å². The second-order valence-electron chi connectivity index (χ2n) is 5.54. The van der Waals surface area contributed by atoms with E-state index >= 15 is 0 Å². The molecule has 0 radical (unpaired) electrons. The molecular weight excluding hydrogens is 246 g/mol. The zero-order chi connectivity index (χ0) is 13.9. The van der Waals surface area contributed by atoms with Gasteiger partial charge in [-0.25, -0.2) is 9.97 Å². The van der Waals surface area contributed by atoms with E-state index in [0.29, 0.717) is 6.54 Å². The summed E-state index contributed by atoms with van der Waals surface area (Å²) in [5.74, 6) is 0.908. The van der Waals surface area contributed by atoms with Crippen LogP contribution in [0.3, 0.4) is 0 Å². The Balaban J connectivity index is 1.94. The summed E-state index contributed by atoms with van der Waals surface area (Å²) in [4.78, 5) is 9.20. The summed E-state index contributed by atoms with van der Waals surface area (Å²) in [5.41, 5.74) is 11.8. The van der Waals surface area contributed by atoms with Crippen molar-refractivity contribution in [3.8, 4) is 11.3 Å². The van der Waals surface area contributed by atoms with E-state index in [1.807, 2.05) is 6.92 Å². The van der Waals surface area contributed by atoms with Gasteiger partial charge >= 0.3 is 0 Å². The molecular formula is C17H21N3. The van der Waals surface area contributed by atoms with E-state index in [2.05, 4.69) is 29.2 Å². The highest BCUT2D eigenvalue weighted by molar-refractivity contribution is 5.62. The molecule has 104 valence electrons. The average molecular weight is 267 g/mol. The molecule has 3 rings (SSSR count). The largest absolute Gasteiger partial charge is 0.330 e. The minimum absolute atomic E-state index is 0.686. The van der Waals surface area contributed by atoms with E-state index < -0.39 is 0 Å². The first kappa shape index (κ1) is 13.3. The highest BCUT2D eigenvalue weighted by atomic mass is 14.9. The Morgan fingerprint density at radius 2 is 1.95 bits per heavy atom. The molecule has 0 atom stereocenters. The van der Waals surface area contributed by atoms with E-state index in [-0.39, 0.29) is 0 Å². The van der Waals surface area contributed by atoms with Crippen molar-refractivity contribution in [2.24, 2.45) is 5.73 Å².